The third-order valence-electron chi connectivity index (χ3n) is 7.62. The van der Waals surface area contributed by atoms with Gasteiger partial charge in [-0.3, -0.25) is 0 Å². The summed E-state index contributed by atoms with van der Waals surface area (Å²) in [6.45, 7) is 8.26. The Hall–Kier alpha value is -4.18. The molecule has 4 nitrogen and oxygen atoms in total. The number of fused-ring (bicyclic) bond motifs is 2. The largest absolute Gasteiger partial charge is 0.254 e. The van der Waals surface area contributed by atoms with Gasteiger partial charge < -0.3 is 0 Å². The minimum Gasteiger partial charge on any atom is -0.227 e. The zero-order valence-electron chi connectivity index (χ0n) is 21.7. The molecule has 0 aliphatic rings. The van der Waals surface area contributed by atoms with E-state index in [-0.39, 0.29) is 0 Å². The van der Waals surface area contributed by atoms with Crippen molar-refractivity contribution in [3.63, 3.8) is 0 Å². The maximum Gasteiger partial charge on any atom is 0.254 e. The Morgan fingerprint density at radius 2 is 0.865 bits per heavy atom. The molecule has 4 heteroatoms. The van der Waals surface area contributed by atoms with Crippen LogP contribution in [0.3, 0.4) is 0 Å². The first kappa shape index (κ1) is 23.2. The van der Waals surface area contributed by atoms with Gasteiger partial charge in [-0.1, -0.05) is 84.9 Å². The summed E-state index contributed by atoms with van der Waals surface area (Å²) in [6, 6.07) is 39.1. The lowest BCUT2D eigenvalue weighted by atomic mass is 10.2. The molecule has 0 saturated carbocycles. The highest BCUT2D eigenvalue weighted by atomic mass is 15.2. The molecule has 0 atom stereocenters. The van der Waals surface area contributed by atoms with Crippen LogP contribution in [0.1, 0.15) is 29.2 Å². The van der Waals surface area contributed by atoms with Crippen LogP contribution in [0.4, 0.5) is 0 Å². The van der Waals surface area contributed by atoms with Crippen LogP contribution in [0.25, 0.3) is 22.1 Å². The first-order valence-corrected chi connectivity index (χ1v) is 13.2. The maximum atomic E-state index is 2.50. The predicted octanol–water partition coefficient (Wildman–Crippen LogP) is 5.97. The van der Waals surface area contributed by atoms with Crippen molar-refractivity contribution in [1.29, 1.82) is 0 Å². The van der Waals surface area contributed by atoms with Crippen molar-refractivity contribution >= 4 is 22.1 Å². The third-order valence-corrected chi connectivity index (χ3v) is 7.62. The summed E-state index contributed by atoms with van der Waals surface area (Å²) in [5, 5.41) is 0. The van der Waals surface area contributed by atoms with Crippen molar-refractivity contribution in [3.8, 4) is 0 Å². The molecule has 6 aromatic rings. The first-order valence-electron chi connectivity index (χ1n) is 13.2. The number of imidazole rings is 2. The average Bonchev–Trinajstić information content (AvgIpc) is 3.36. The fourth-order valence-electron chi connectivity index (χ4n) is 5.71. The molecule has 0 unspecified atom stereocenters. The minimum atomic E-state index is 0.890. The second-order valence-electron chi connectivity index (χ2n) is 9.87. The van der Waals surface area contributed by atoms with Gasteiger partial charge in [-0.25, -0.2) is 18.3 Å². The summed E-state index contributed by atoms with van der Waals surface area (Å²) < 4.78 is 9.90. The molecule has 37 heavy (non-hydrogen) atoms. The van der Waals surface area contributed by atoms with E-state index in [0.29, 0.717) is 0 Å². The fraction of sp³-hybridized carbons (Fsp3) is 0.212. The molecule has 0 amide bonds. The number of aromatic nitrogens is 4. The molecule has 0 fully saturated rings. The van der Waals surface area contributed by atoms with E-state index in [1.165, 1.54) is 44.8 Å². The van der Waals surface area contributed by atoms with Gasteiger partial charge >= 0.3 is 0 Å². The molecular formula is C33H34N4+2. The first-order chi connectivity index (χ1) is 18.2. The topological polar surface area (TPSA) is 17.6 Å². The summed E-state index contributed by atoms with van der Waals surface area (Å²) in [6.07, 6.45) is 1.07. The van der Waals surface area contributed by atoms with Gasteiger partial charge in [0, 0.05) is 20.3 Å². The number of nitrogens with zero attached hydrogens (tertiary/aromatic N) is 4. The summed E-state index contributed by atoms with van der Waals surface area (Å²) in [5.74, 6) is 2.61. The van der Waals surface area contributed by atoms with Crippen LogP contribution < -0.4 is 9.13 Å². The van der Waals surface area contributed by atoms with Crippen LogP contribution in [-0.4, -0.2) is 9.13 Å². The van der Waals surface area contributed by atoms with E-state index in [9.17, 15) is 0 Å². The molecule has 184 valence electrons. The SMILES string of the molecule is Cc1n(CCCn2c(C)[n+](Cc3ccccc3)c3ccccc32)c2ccccc2[n+]1Cc1ccccc1. The average molecular weight is 487 g/mol. The van der Waals surface area contributed by atoms with Gasteiger partial charge in [0.25, 0.3) is 11.6 Å². The summed E-state index contributed by atoms with van der Waals surface area (Å²) in [5.41, 5.74) is 7.87. The molecule has 0 bridgehead atoms. The molecule has 0 saturated heterocycles. The Morgan fingerprint density at radius 3 is 1.30 bits per heavy atom. The van der Waals surface area contributed by atoms with Crippen molar-refractivity contribution < 1.29 is 9.13 Å². The van der Waals surface area contributed by atoms with Crippen LogP contribution in [0.15, 0.2) is 109 Å². The Labute approximate surface area is 218 Å². The molecule has 0 radical (unpaired) electrons. The number of hydrogen-bond acceptors (Lipinski definition) is 0. The van der Waals surface area contributed by atoms with E-state index in [4.69, 9.17) is 0 Å². The molecule has 2 aromatic heterocycles. The summed E-state index contributed by atoms with van der Waals surface area (Å²) in [4.78, 5) is 0. The Balaban J connectivity index is 1.28. The standard InChI is InChI=1S/C33H34N4/c1-26-34(30-18-9-11-20-32(30)36(26)24-28-14-5-3-6-15-28)22-13-23-35-27(2)37(25-29-16-7-4-8-17-29)33-21-12-10-19-31(33)35/h3-12,14-21H,13,22-25H2,1-2H3/q+2. The molecule has 0 aliphatic carbocycles. The monoisotopic (exact) mass is 486 g/mol. The van der Waals surface area contributed by atoms with Crippen molar-refractivity contribution in [2.75, 3.05) is 0 Å². The zero-order valence-corrected chi connectivity index (χ0v) is 21.7. The number of benzene rings is 4. The normalized spacial score (nSPS) is 11.5. The minimum absolute atomic E-state index is 0.890. The van der Waals surface area contributed by atoms with Crippen LogP contribution in [0.2, 0.25) is 0 Å². The fourth-order valence-corrected chi connectivity index (χ4v) is 5.71. The lowest BCUT2D eigenvalue weighted by molar-refractivity contribution is -0.669. The molecule has 4 aromatic carbocycles. The van der Waals surface area contributed by atoms with Crippen LogP contribution in [0, 0.1) is 13.8 Å². The van der Waals surface area contributed by atoms with Gasteiger partial charge in [-0.2, -0.15) is 0 Å². The quantitative estimate of drug-likeness (QED) is 0.236. The van der Waals surface area contributed by atoms with Crippen molar-refractivity contribution in [2.45, 2.75) is 46.4 Å². The third kappa shape index (κ3) is 4.44. The van der Waals surface area contributed by atoms with Crippen LogP contribution in [-0.2, 0) is 26.2 Å². The van der Waals surface area contributed by atoms with Gasteiger partial charge in [0.15, 0.2) is 22.1 Å². The van der Waals surface area contributed by atoms with Gasteiger partial charge in [-0.05, 0) is 35.4 Å². The number of aryl methyl sites for hydroxylation is 2. The second-order valence-corrected chi connectivity index (χ2v) is 9.87. The molecule has 0 spiro atoms. The van der Waals surface area contributed by atoms with Crippen molar-refractivity contribution in [3.05, 3.63) is 132 Å². The molecule has 2 heterocycles. The van der Waals surface area contributed by atoms with E-state index in [1.807, 2.05) is 0 Å². The molecular weight excluding hydrogens is 452 g/mol. The van der Waals surface area contributed by atoms with E-state index >= 15 is 0 Å². The van der Waals surface area contributed by atoms with Crippen LogP contribution in [0.5, 0.6) is 0 Å². The van der Waals surface area contributed by atoms with Gasteiger partial charge in [0.05, 0.1) is 13.1 Å². The highest BCUT2D eigenvalue weighted by Crippen LogP contribution is 2.19. The van der Waals surface area contributed by atoms with Crippen molar-refractivity contribution in [2.24, 2.45) is 0 Å². The van der Waals surface area contributed by atoms with Crippen LogP contribution >= 0.6 is 0 Å². The van der Waals surface area contributed by atoms with E-state index < -0.39 is 0 Å². The molecule has 0 aliphatic heterocycles. The number of hydrogen-bond donors (Lipinski definition) is 0. The second kappa shape index (κ2) is 10.1. The van der Waals surface area contributed by atoms with Gasteiger partial charge in [0.1, 0.15) is 13.1 Å². The summed E-state index contributed by atoms with van der Waals surface area (Å²) >= 11 is 0. The van der Waals surface area contributed by atoms with Gasteiger partial charge in [-0.15, -0.1) is 0 Å². The van der Waals surface area contributed by atoms with E-state index in [0.717, 1.165) is 32.6 Å². The Bertz CT molecular complexity index is 1530. The predicted molar refractivity (Wildman–Crippen MR) is 149 cm³/mol. The van der Waals surface area contributed by atoms with E-state index in [1.54, 1.807) is 0 Å². The number of para-hydroxylation sites is 4. The number of rotatable bonds is 8. The lowest BCUT2D eigenvalue weighted by Gasteiger charge is -2.04. The smallest absolute Gasteiger partial charge is 0.227 e. The van der Waals surface area contributed by atoms with Gasteiger partial charge in [0.2, 0.25) is 0 Å². The maximum absolute atomic E-state index is 2.50. The zero-order chi connectivity index (χ0) is 25.2. The molecule has 6 rings (SSSR count). The Morgan fingerprint density at radius 1 is 0.486 bits per heavy atom. The Kier molecular flexibility index (Phi) is 6.32. The highest BCUT2D eigenvalue weighted by molar-refractivity contribution is 5.73. The lowest BCUT2D eigenvalue weighted by Crippen LogP contribution is -2.37. The molecule has 0 N–H and O–H groups in total. The highest BCUT2D eigenvalue weighted by Gasteiger charge is 2.24. The van der Waals surface area contributed by atoms with E-state index in [2.05, 4.69) is 141 Å². The van der Waals surface area contributed by atoms with Crippen molar-refractivity contribution in [1.82, 2.24) is 9.13 Å². The summed E-state index contributed by atoms with van der Waals surface area (Å²) in [7, 11) is 0.